The Morgan fingerprint density at radius 3 is 2.80 bits per heavy atom. The van der Waals surface area contributed by atoms with E-state index in [9.17, 15) is 0 Å². The second kappa shape index (κ2) is 5.10. The minimum absolute atomic E-state index is 0.469. The van der Waals surface area contributed by atoms with Crippen LogP contribution in [0.1, 0.15) is 30.9 Å². The number of pyridine rings is 1. The first-order valence-corrected chi connectivity index (χ1v) is 6.96. The highest BCUT2D eigenvalue weighted by atomic mass is 14.8. The summed E-state index contributed by atoms with van der Waals surface area (Å²) in [6.07, 6.45) is 3.78. The molecule has 3 nitrogen and oxygen atoms in total. The predicted octanol–water partition coefficient (Wildman–Crippen LogP) is 3.81. The minimum atomic E-state index is 0.469. The highest BCUT2D eigenvalue weighted by Gasteiger charge is 2.10. The molecule has 3 heteroatoms. The second-order valence-corrected chi connectivity index (χ2v) is 5.37. The monoisotopic (exact) mass is 265 g/mol. The van der Waals surface area contributed by atoms with E-state index in [2.05, 4.69) is 54.1 Å². The van der Waals surface area contributed by atoms with Gasteiger partial charge in [0.05, 0.1) is 0 Å². The largest absolute Gasteiger partial charge is 0.346 e. The number of benzene rings is 1. The number of nitrogens with one attached hydrogen (secondary N) is 1. The number of hydrogen-bond acceptors (Lipinski definition) is 2. The molecule has 20 heavy (non-hydrogen) atoms. The summed E-state index contributed by atoms with van der Waals surface area (Å²) in [6, 6.07) is 10.7. The fourth-order valence-corrected chi connectivity index (χ4v) is 2.70. The molecule has 0 unspecified atom stereocenters. The van der Waals surface area contributed by atoms with Crippen LogP contribution in [0.4, 0.5) is 0 Å². The van der Waals surface area contributed by atoms with Crippen LogP contribution in [0.5, 0.6) is 0 Å². The lowest BCUT2D eigenvalue weighted by atomic mass is 9.92. The molecule has 0 aliphatic carbocycles. The third-order valence-electron chi connectivity index (χ3n) is 3.76. The maximum absolute atomic E-state index is 5.84. The van der Waals surface area contributed by atoms with Crippen molar-refractivity contribution in [2.75, 3.05) is 0 Å². The number of aromatic amines is 1. The van der Waals surface area contributed by atoms with Gasteiger partial charge >= 0.3 is 0 Å². The highest BCUT2D eigenvalue weighted by Crippen LogP contribution is 2.30. The smallest absolute Gasteiger partial charge is 0.137 e. The number of aromatic nitrogens is 2. The lowest BCUT2D eigenvalue weighted by molar-refractivity contribution is 0.840. The van der Waals surface area contributed by atoms with Crippen LogP contribution in [0, 0.1) is 0 Å². The SMILES string of the molecule is CC(C)c1cc(-c2ccnc3[nH]ccc23)ccc1CN. The van der Waals surface area contributed by atoms with E-state index in [-0.39, 0.29) is 0 Å². The average molecular weight is 265 g/mol. The fourth-order valence-electron chi connectivity index (χ4n) is 2.70. The van der Waals surface area contributed by atoms with Crippen molar-refractivity contribution in [3.8, 4) is 11.1 Å². The van der Waals surface area contributed by atoms with Gasteiger partial charge in [0.2, 0.25) is 0 Å². The maximum Gasteiger partial charge on any atom is 0.137 e. The van der Waals surface area contributed by atoms with Crippen molar-refractivity contribution in [1.29, 1.82) is 0 Å². The Bertz CT molecular complexity index is 741. The first kappa shape index (κ1) is 12.9. The van der Waals surface area contributed by atoms with E-state index < -0.39 is 0 Å². The summed E-state index contributed by atoms with van der Waals surface area (Å²) in [5.41, 5.74) is 11.7. The highest BCUT2D eigenvalue weighted by molar-refractivity contribution is 5.92. The molecule has 0 aliphatic heterocycles. The number of hydrogen-bond donors (Lipinski definition) is 2. The molecule has 0 fully saturated rings. The summed E-state index contributed by atoms with van der Waals surface area (Å²) in [4.78, 5) is 7.50. The molecular weight excluding hydrogens is 246 g/mol. The summed E-state index contributed by atoms with van der Waals surface area (Å²) < 4.78 is 0. The molecule has 0 atom stereocenters. The molecular formula is C17H19N3. The van der Waals surface area contributed by atoms with E-state index >= 15 is 0 Å². The lowest BCUT2D eigenvalue weighted by Gasteiger charge is -2.14. The summed E-state index contributed by atoms with van der Waals surface area (Å²) in [5.74, 6) is 0.469. The average Bonchev–Trinajstić information content (AvgIpc) is 2.94. The van der Waals surface area contributed by atoms with Gasteiger partial charge in [-0.15, -0.1) is 0 Å². The predicted molar refractivity (Wildman–Crippen MR) is 83.5 cm³/mol. The Morgan fingerprint density at radius 2 is 2.05 bits per heavy atom. The van der Waals surface area contributed by atoms with Gasteiger partial charge in [-0.3, -0.25) is 0 Å². The molecule has 0 saturated carbocycles. The normalized spacial score (nSPS) is 11.4. The van der Waals surface area contributed by atoms with E-state index in [4.69, 9.17) is 5.73 Å². The Labute approximate surface area is 118 Å². The van der Waals surface area contributed by atoms with Crippen LogP contribution >= 0.6 is 0 Å². The molecule has 2 aromatic heterocycles. The standard InChI is InChI=1S/C17H19N3/c1-11(2)16-9-12(3-4-13(16)10-18)14-5-7-19-17-15(14)6-8-20-17/h3-9,11H,10,18H2,1-2H3,(H,19,20). The first-order chi connectivity index (χ1) is 9.70. The third-order valence-corrected chi connectivity index (χ3v) is 3.76. The summed E-state index contributed by atoms with van der Waals surface area (Å²) in [5, 5.41) is 1.16. The zero-order chi connectivity index (χ0) is 14.1. The first-order valence-electron chi connectivity index (χ1n) is 6.96. The van der Waals surface area contributed by atoms with Gasteiger partial charge in [0.25, 0.3) is 0 Å². The Balaban J connectivity index is 2.19. The van der Waals surface area contributed by atoms with Crippen molar-refractivity contribution in [1.82, 2.24) is 9.97 Å². The summed E-state index contributed by atoms with van der Waals surface area (Å²) in [6.45, 7) is 5.00. The van der Waals surface area contributed by atoms with E-state index in [1.54, 1.807) is 0 Å². The van der Waals surface area contributed by atoms with E-state index in [1.165, 1.54) is 22.3 Å². The maximum atomic E-state index is 5.84. The molecule has 102 valence electrons. The molecule has 0 spiro atoms. The van der Waals surface area contributed by atoms with Crippen LogP contribution in [-0.4, -0.2) is 9.97 Å². The molecule has 2 heterocycles. The van der Waals surface area contributed by atoms with Crippen LogP contribution in [-0.2, 0) is 6.54 Å². The molecule has 0 bridgehead atoms. The van der Waals surface area contributed by atoms with Gasteiger partial charge in [-0.25, -0.2) is 4.98 Å². The van der Waals surface area contributed by atoms with Crippen molar-refractivity contribution in [2.45, 2.75) is 26.3 Å². The molecule has 0 amide bonds. The number of fused-ring (bicyclic) bond motifs is 1. The topological polar surface area (TPSA) is 54.7 Å². The summed E-state index contributed by atoms with van der Waals surface area (Å²) >= 11 is 0. The van der Waals surface area contributed by atoms with E-state index in [0.717, 1.165) is 11.0 Å². The van der Waals surface area contributed by atoms with Gasteiger partial charge in [-0.1, -0.05) is 32.0 Å². The van der Waals surface area contributed by atoms with E-state index in [0.29, 0.717) is 12.5 Å². The second-order valence-electron chi connectivity index (χ2n) is 5.37. The zero-order valence-corrected chi connectivity index (χ0v) is 11.9. The van der Waals surface area contributed by atoms with Crippen LogP contribution in [0.15, 0.2) is 42.7 Å². The Hall–Kier alpha value is -2.13. The summed E-state index contributed by atoms with van der Waals surface area (Å²) in [7, 11) is 0. The van der Waals surface area contributed by atoms with Crippen molar-refractivity contribution < 1.29 is 0 Å². The van der Waals surface area contributed by atoms with Crippen LogP contribution in [0.2, 0.25) is 0 Å². The quantitative estimate of drug-likeness (QED) is 0.756. The molecule has 3 rings (SSSR count). The van der Waals surface area contributed by atoms with Crippen LogP contribution in [0.3, 0.4) is 0 Å². The number of rotatable bonds is 3. The number of H-pyrrole nitrogens is 1. The van der Waals surface area contributed by atoms with E-state index in [1.807, 2.05) is 12.4 Å². The molecule has 1 aromatic carbocycles. The number of nitrogens with zero attached hydrogens (tertiary/aromatic N) is 1. The van der Waals surface area contributed by atoms with Gasteiger partial charge < -0.3 is 10.7 Å². The van der Waals surface area contributed by atoms with Crippen molar-refractivity contribution in [3.05, 3.63) is 53.9 Å². The third kappa shape index (κ3) is 2.10. The van der Waals surface area contributed by atoms with Crippen molar-refractivity contribution in [2.24, 2.45) is 5.73 Å². The van der Waals surface area contributed by atoms with Gasteiger partial charge in [0, 0.05) is 24.3 Å². The Morgan fingerprint density at radius 1 is 1.20 bits per heavy atom. The van der Waals surface area contributed by atoms with Gasteiger partial charge in [0.1, 0.15) is 5.65 Å². The molecule has 0 aliphatic rings. The molecule has 3 N–H and O–H groups in total. The fraction of sp³-hybridized carbons (Fsp3) is 0.235. The van der Waals surface area contributed by atoms with Crippen LogP contribution < -0.4 is 5.73 Å². The molecule has 3 aromatic rings. The molecule has 0 saturated heterocycles. The Kier molecular flexibility index (Phi) is 3.28. The van der Waals surface area contributed by atoms with Crippen molar-refractivity contribution in [3.63, 3.8) is 0 Å². The zero-order valence-electron chi connectivity index (χ0n) is 11.9. The van der Waals surface area contributed by atoms with Gasteiger partial charge in [0.15, 0.2) is 0 Å². The lowest BCUT2D eigenvalue weighted by Crippen LogP contribution is -2.03. The minimum Gasteiger partial charge on any atom is -0.346 e. The van der Waals surface area contributed by atoms with Crippen molar-refractivity contribution >= 4 is 11.0 Å². The van der Waals surface area contributed by atoms with Crippen LogP contribution in [0.25, 0.3) is 22.2 Å². The van der Waals surface area contributed by atoms with Gasteiger partial charge in [-0.05, 0) is 40.3 Å². The van der Waals surface area contributed by atoms with Gasteiger partial charge in [-0.2, -0.15) is 0 Å². The molecule has 0 radical (unpaired) electrons. The number of nitrogens with two attached hydrogens (primary N) is 1.